The molecule has 27 heavy (non-hydrogen) atoms. The van der Waals surface area contributed by atoms with E-state index in [9.17, 15) is 9.18 Å². The van der Waals surface area contributed by atoms with Crippen molar-refractivity contribution in [1.82, 2.24) is 15.1 Å². The van der Waals surface area contributed by atoms with E-state index < -0.39 is 6.17 Å². The fraction of sp³-hybridized carbons (Fsp3) is 0.682. The highest BCUT2D eigenvalue weighted by Crippen LogP contribution is 2.38. The van der Waals surface area contributed by atoms with Gasteiger partial charge in [0.1, 0.15) is 6.17 Å². The van der Waals surface area contributed by atoms with Gasteiger partial charge in [-0.3, -0.25) is 4.79 Å². The number of piperidine rings is 1. The lowest BCUT2D eigenvalue weighted by Crippen LogP contribution is -2.49. The van der Waals surface area contributed by atoms with E-state index in [0.717, 1.165) is 56.7 Å². The van der Waals surface area contributed by atoms with E-state index in [2.05, 4.69) is 17.1 Å². The first-order valence-electron chi connectivity index (χ1n) is 10.7. The summed E-state index contributed by atoms with van der Waals surface area (Å²) < 4.78 is 13.8. The summed E-state index contributed by atoms with van der Waals surface area (Å²) in [5.74, 6) is 0.100. The molecule has 2 saturated heterocycles. The normalized spacial score (nSPS) is 33.3. The Labute approximate surface area is 162 Å². The number of halogens is 1. The average molecular weight is 374 g/mol. The van der Waals surface area contributed by atoms with Crippen LogP contribution in [0.2, 0.25) is 0 Å². The van der Waals surface area contributed by atoms with Crippen molar-refractivity contribution < 1.29 is 9.18 Å². The number of carbonyl (C=O) groups is 1. The van der Waals surface area contributed by atoms with Crippen molar-refractivity contribution in [2.24, 2.45) is 5.92 Å². The maximum atomic E-state index is 13.8. The zero-order valence-corrected chi connectivity index (χ0v) is 16.4. The van der Waals surface area contributed by atoms with Crippen LogP contribution in [0.15, 0.2) is 35.6 Å². The number of nitrogens with one attached hydrogen (secondary N) is 1. The molecular weight excluding hydrogens is 341 g/mol. The molecule has 0 bridgehead atoms. The summed E-state index contributed by atoms with van der Waals surface area (Å²) in [5, 5.41) is 3.50. The molecule has 0 spiro atoms. The molecule has 148 valence electrons. The molecule has 3 unspecified atom stereocenters. The van der Waals surface area contributed by atoms with Crippen LogP contribution in [-0.4, -0.2) is 60.1 Å². The van der Waals surface area contributed by atoms with Gasteiger partial charge in [-0.05, 0) is 75.4 Å². The highest BCUT2D eigenvalue weighted by atomic mass is 19.1. The summed E-state index contributed by atoms with van der Waals surface area (Å²) in [7, 11) is 0. The zero-order valence-electron chi connectivity index (χ0n) is 16.4. The van der Waals surface area contributed by atoms with Gasteiger partial charge in [-0.1, -0.05) is 13.0 Å². The number of nitrogens with zero attached hydrogens (tertiary/aromatic N) is 2. The number of rotatable bonds is 3. The van der Waals surface area contributed by atoms with Gasteiger partial charge in [0, 0.05) is 30.9 Å². The topological polar surface area (TPSA) is 35.6 Å². The Morgan fingerprint density at radius 3 is 2.63 bits per heavy atom. The van der Waals surface area contributed by atoms with Crippen molar-refractivity contribution in [2.45, 2.75) is 63.7 Å². The van der Waals surface area contributed by atoms with Gasteiger partial charge in [-0.2, -0.15) is 0 Å². The maximum absolute atomic E-state index is 13.8. The Balaban J connectivity index is 1.47. The van der Waals surface area contributed by atoms with Crippen LogP contribution in [0.1, 0.15) is 45.4 Å². The van der Waals surface area contributed by atoms with Crippen molar-refractivity contribution in [3.8, 4) is 0 Å². The first kappa shape index (κ1) is 18.9. The van der Waals surface area contributed by atoms with Crippen LogP contribution < -0.4 is 5.32 Å². The van der Waals surface area contributed by atoms with Crippen LogP contribution in [0.5, 0.6) is 0 Å². The van der Waals surface area contributed by atoms with Crippen LogP contribution in [0.3, 0.4) is 0 Å². The van der Waals surface area contributed by atoms with Crippen molar-refractivity contribution in [3.05, 3.63) is 35.6 Å². The fourth-order valence-electron chi connectivity index (χ4n) is 5.20. The molecule has 0 saturated carbocycles. The zero-order chi connectivity index (χ0) is 18.8. The maximum Gasteiger partial charge on any atom is 0.234 e. The van der Waals surface area contributed by atoms with E-state index in [1.165, 1.54) is 19.3 Å². The first-order chi connectivity index (χ1) is 13.2. The summed E-state index contributed by atoms with van der Waals surface area (Å²) >= 11 is 0. The van der Waals surface area contributed by atoms with Crippen molar-refractivity contribution in [3.63, 3.8) is 0 Å². The third kappa shape index (κ3) is 3.77. The van der Waals surface area contributed by atoms with Gasteiger partial charge in [-0.25, -0.2) is 4.39 Å². The molecule has 4 rings (SSSR count). The van der Waals surface area contributed by atoms with Crippen LogP contribution in [-0.2, 0) is 4.79 Å². The molecule has 3 heterocycles. The number of alkyl halides is 1. The van der Waals surface area contributed by atoms with Gasteiger partial charge in [0.25, 0.3) is 0 Å². The van der Waals surface area contributed by atoms with Crippen LogP contribution in [0.4, 0.5) is 4.39 Å². The molecule has 3 atom stereocenters. The van der Waals surface area contributed by atoms with E-state index in [4.69, 9.17) is 0 Å². The lowest BCUT2D eigenvalue weighted by Gasteiger charge is -2.41. The second kappa shape index (κ2) is 8.27. The molecule has 0 radical (unpaired) electrons. The van der Waals surface area contributed by atoms with E-state index in [1.54, 1.807) is 12.2 Å². The van der Waals surface area contributed by atoms with E-state index in [-0.39, 0.29) is 17.9 Å². The molecule has 1 N–H and O–H groups in total. The molecular formula is C22H32FN3O. The van der Waals surface area contributed by atoms with Gasteiger partial charge in [0.2, 0.25) is 5.91 Å². The van der Waals surface area contributed by atoms with Crippen molar-refractivity contribution in [1.29, 1.82) is 0 Å². The SMILES string of the molecule is CCC1C(=O)N(C2CCN(C3CCCNCC3)CC2)C2=C1C=CC(F)C=C2. The molecule has 3 aliphatic heterocycles. The summed E-state index contributed by atoms with van der Waals surface area (Å²) in [6.07, 6.45) is 12.3. The van der Waals surface area contributed by atoms with Gasteiger partial charge in [-0.15, -0.1) is 0 Å². The summed E-state index contributed by atoms with van der Waals surface area (Å²) in [6.45, 7) is 6.42. The Hall–Kier alpha value is -1.46. The van der Waals surface area contributed by atoms with E-state index >= 15 is 0 Å². The molecule has 2 fully saturated rings. The molecule has 4 aliphatic rings. The molecule has 0 aromatic carbocycles. The Bertz CT molecular complexity index is 640. The minimum atomic E-state index is -1.06. The minimum Gasteiger partial charge on any atom is -0.317 e. The number of hydrogen-bond donors (Lipinski definition) is 1. The van der Waals surface area contributed by atoms with Gasteiger partial charge in [0.15, 0.2) is 0 Å². The second-order valence-electron chi connectivity index (χ2n) is 8.27. The Kier molecular flexibility index (Phi) is 5.79. The minimum absolute atomic E-state index is 0.114. The Morgan fingerprint density at radius 2 is 1.85 bits per heavy atom. The number of allylic oxidation sites excluding steroid dienone is 4. The monoisotopic (exact) mass is 373 g/mol. The largest absolute Gasteiger partial charge is 0.317 e. The van der Waals surface area contributed by atoms with E-state index in [0.29, 0.717) is 6.04 Å². The summed E-state index contributed by atoms with van der Waals surface area (Å²) in [6, 6.07) is 0.926. The Morgan fingerprint density at radius 1 is 1.07 bits per heavy atom. The molecule has 4 nitrogen and oxygen atoms in total. The average Bonchev–Trinajstić information content (AvgIpc) is 2.92. The third-order valence-corrected chi connectivity index (χ3v) is 6.70. The van der Waals surface area contributed by atoms with Gasteiger partial charge in [0.05, 0.1) is 5.92 Å². The molecule has 1 amide bonds. The first-order valence-corrected chi connectivity index (χ1v) is 10.7. The molecule has 1 aliphatic carbocycles. The number of likely N-dealkylation sites (tertiary alicyclic amines) is 1. The lowest BCUT2D eigenvalue weighted by atomic mass is 9.96. The highest BCUT2D eigenvalue weighted by molar-refractivity contribution is 5.89. The van der Waals surface area contributed by atoms with Crippen LogP contribution in [0, 0.1) is 5.92 Å². The second-order valence-corrected chi connectivity index (χ2v) is 8.27. The molecule has 5 heteroatoms. The van der Waals surface area contributed by atoms with E-state index in [1.807, 2.05) is 17.1 Å². The number of amides is 1. The smallest absolute Gasteiger partial charge is 0.234 e. The highest BCUT2D eigenvalue weighted by Gasteiger charge is 2.41. The quantitative estimate of drug-likeness (QED) is 0.825. The summed E-state index contributed by atoms with van der Waals surface area (Å²) in [4.78, 5) is 17.8. The van der Waals surface area contributed by atoms with Crippen molar-refractivity contribution in [2.75, 3.05) is 26.2 Å². The predicted molar refractivity (Wildman–Crippen MR) is 106 cm³/mol. The number of carbonyl (C=O) groups excluding carboxylic acids is 1. The van der Waals surface area contributed by atoms with Gasteiger partial charge < -0.3 is 15.1 Å². The fourth-order valence-corrected chi connectivity index (χ4v) is 5.20. The summed E-state index contributed by atoms with van der Waals surface area (Å²) in [5.41, 5.74) is 1.96. The lowest BCUT2D eigenvalue weighted by molar-refractivity contribution is -0.133. The number of hydrogen-bond acceptors (Lipinski definition) is 3. The third-order valence-electron chi connectivity index (χ3n) is 6.70. The molecule has 0 aromatic rings. The molecule has 0 aromatic heterocycles. The van der Waals surface area contributed by atoms with Crippen LogP contribution >= 0.6 is 0 Å². The van der Waals surface area contributed by atoms with Crippen molar-refractivity contribution >= 4 is 5.91 Å². The predicted octanol–water partition coefficient (Wildman–Crippen LogP) is 3.18. The van der Waals surface area contributed by atoms with Gasteiger partial charge >= 0.3 is 0 Å². The van der Waals surface area contributed by atoms with Crippen LogP contribution in [0.25, 0.3) is 0 Å². The standard InChI is InChI=1S/C22H32FN3O/c1-2-19-20-7-5-16(23)6-8-21(20)26(22(19)27)18-10-14-25(15-11-18)17-4-3-12-24-13-9-17/h5-8,16-19,24H,2-4,9-15H2,1H3.